The summed E-state index contributed by atoms with van der Waals surface area (Å²) in [6.07, 6.45) is 12.4. The van der Waals surface area contributed by atoms with E-state index >= 15 is 0 Å². The van der Waals surface area contributed by atoms with Gasteiger partial charge in [-0.05, 0) is 95.0 Å². The SMILES string of the molecule is Cl.Cl.O=C1Nc2cccnc2N(C(=O)NCCN2CCC(CCCCN3CCCCC3)CC2)c2ccccc21. The lowest BCUT2D eigenvalue weighted by atomic mass is 9.91. The molecule has 2 saturated heterocycles. The van der Waals surface area contributed by atoms with E-state index in [2.05, 4.69) is 25.4 Å². The standard InChI is InChI=1S/C29H40N6O2.2ClH/c36-28-24-10-2-3-12-26(24)35(27-25(32-28)11-8-15-30-27)29(37)31-16-22-34-20-13-23(14-21-34)9-4-7-19-33-17-5-1-6-18-33;;/h2-3,8,10-12,15,23H,1,4-7,9,13-14,16-22H2,(H,31,37)(H,32,36);2*1H. The van der Waals surface area contributed by atoms with Gasteiger partial charge in [0.05, 0.1) is 16.9 Å². The smallest absolute Gasteiger partial charge is 0.327 e. The minimum Gasteiger partial charge on any atom is -0.336 e. The van der Waals surface area contributed by atoms with Crippen LogP contribution in [0.3, 0.4) is 0 Å². The molecule has 1 aromatic heterocycles. The maximum absolute atomic E-state index is 13.4. The Bertz CT molecular complexity index is 1070. The van der Waals surface area contributed by atoms with Gasteiger partial charge in [-0.15, -0.1) is 24.8 Å². The number of benzene rings is 1. The maximum Gasteiger partial charge on any atom is 0.327 e. The van der Waals surface area contributed by atoms with E-state index in [1.54, 1.807) is 36.5 Å². The third kappa shape index (κ3) is 8.07. The van der Waals surface area contributed by atoms with Crippen molar-refractivity contribution in [2.75, 3.05) is 56.0 Å². The molecule has 0 spiro atoms. The van der Waals surface area contributed by atoms with Crippen molar-refractivity contribution in [3.05, 3.63) is 48.2 Å². The number of aromatic nitrogens is 1. The molecule has 0 saturated carbocycles. The molecule has 214 valence electrons. The number of urea groups is 1. The molecule has 2 aromatic rings. The Labute approximate surface area is 244 Å². The first-order valence-corrected chi connectivity index (χ1v) is 14.1. The molecule has 0 atom stereocenters. The molecule has 0 unspecified atom stereocenters. The number of unbranched alkanes of at least 4 members (excludes halogenated alkanes) is 1. The number of carbonyl (C=O) groups excluding carboxylic acids is 2. The van der Waals surface area contributed by atoms with Crippen LogP contribution >= 0.6 is 24.8 Å². The lowest BCUT2D eigenvalue weighted by molar-refractivity contribution is 0.102. The van der Waals surface area contributed by atoms with E-state index in [1.165, 1.54) is 75.9 Å². The zero-order valence-electron chi connectivity index (χ0n) is 22.6. The number of fused-ring (bicyclic) bond motifs is 2. The Kier molecular flexibility index (Phi) is 12.3. The van der Waals surface area contributed by atoms with Crippen LogP contribution in [0.25, 0.3) is 0 Å². The fourth-order valence-corrected chi connectivity index (χ4v) is 5.89. The van der Waals surface area contributed by atoms with Crippen LogP contribution in [0.1, 0.15) is 61.7 Å². The molecule has 0 aliphatic carbocycles. The lowest BCUT2D eigenvalue weighted by Crippen LogP contribution is -2.43. The summed E-state index contributed by atoms with van der Waals surface area (Å²) in [5.74, 6) is 1.03. The first-order chi connectivity index (χ1) is 18.2. The molecule has 8 nitrogen and oxygen atoms in total. The summed E-state index contributed by atoms with van der Waals surface area (Å²) in [5, 5.41) is 5.95. The summed E-state index contributed by atoms with van der Waals surface area (Å²) in [7, 11) is 0. The molecule has 5 rings (SSSR count). The summed E-state index contributed by atoms with van der Waals surface area (Å²) >= 11 is 0. The van der Waals surface area contributed by atoms with Crippen LogP contribution in [0.2, 0.25) is 0 Å². The van der Waals surface area contributed by atoms with Gasteiger partial charge in [0.2, 0.25) is 0 Å². The number of halogens is 2. The third-order valence-corrected chi connectivity index (χ3v) is 8.04. The van der Waals surface area contributed by atoms with E-state index in [0.717, 1.165) is 25.6 Å². The molecule has 0 radical (unpaired) electrons. The van der Waals surface area contributed by atoms with Crippen LogP contribution in [-0.2, 0) is 0 Å². The van der Waals surface area contributed by atoms with Gasteiger partial charge in [0, 0.05) is 19.3 Å². The van der Waals surface area contributed by atoms with Gasteiger partial charge in [-0.2, -0.15) is 0 Å². The number of pyridine rings is 1. The van der Waals surface area contributed by atoms with Gasteiger partial charge in [0.25, 0.3) is 5.91 Å². The Hall–Kier alpha value is -2.39. The average molecular weight is 578 g/mol. The van der Waals surface area contributed by atoms with Crippen molar-refractivity contribution < 1.29 is 9.59 Å². The molecule has 39 heavy (non-hydrogen) atoms. The van der Waals surface area contributed by atoms with Crippen LogP contribution in [-0.4, -0.2) is 72.5 Å². The highest BCUT2D eigenvalue weighted by molar-refractivity contribution is 6.16. The number of hydrogen-bond acceptors (Lipinski definition) is 5. The van der Waals surface area contributed by atoms with Crippen molar-refractivity contribution in [1.29, 1.82) is 0 Å². The Morgan fingerprint density at radius 3 is 2.46 bits per heavy atom. The van der Waals surface area contributed by atoms with Crippen LogP contribution in [0.5, 0.6) is 0 Å². The Morgan fingerprint density at radius 1 is 0.923 bits per heavy atom. The molecule has 10 heteroatoms. The van der Waals surface area contributed by atoms with E-state index in [-0.39, 0.29) is 36.8 Å². The minimum absolute atomic E-state index is 0. The zero-order chi connectivity index (χ0) is 25.5. The Balaban J connectivity index is 0.00000210. The summed E-state index contributed by atoms with van der Waals surface area (Å²) < 4.78 is 0. The molecule has 0 bridgehead atoms. The van der Waals surface area contributed by atoms with Crippen LogP contribution < -0.4 is 15.5 Å². The number of hydrogen-bond donors (Lipinski definition) is 2. The second-order valence-corrected chi connectivity index (χ2v) is 10.6. The monoisotopic (exact) mass is 576 g/mol. The van der Waals surface area contributed by atoms with Gasteiger partial charge < -0.3 is 20.4 Å². The number of amides is 3. The summed E-state index contributed by atoms with van der Waals surface area (Å²) in [6, 6.07) is 10.4. The molecule has 1 aromatic carbocycles. The van der Waals surface area contributed by atoms with Crippen LogP contribution in [0.15, 0.2) is 42.6 Å². The molecular weight excluding hydrogens is 535 g/mol. The topological polar surface area (TPSA) is 80.8 Å². The molecule has 4 heterocycles. The summed E-state index contributed by atoms with van der Waals surface area (Å²) in [5.41, 5.74) is 1.52. The number of nitrogens with zero attached hydrogens (tertiary/aromatic N) is 4. The largest absolute Gasteiger partial charge is 0.336 e. The highest BCUT2D eigenvalue weighted by atomic mass is 35.5. The van der Waals surface area contributed by atoms with E-state index in [1.807, 2.05) is 6.07 Å². The van der Waals surface area contributed by atoms with Gasteiger partial charge in [-0.25, -0.2) is 14.7 Å². The fourth-order valence-electron chi connectivity index (χ4n) is 5.89. The van der Waals surface area contributed by atoms with Gasteiger partial charge in [-0.3, -0.25) is 4.79 Å². The number of piperidine rings is 2. The van der Waals surface area contributed by atoms with E-state index < -0.39 is 0 Å². The summed E-state index contributed by atoms with van der Waals surface area (Å²) in [6.45, 7) is 7.47. The first kappa shape index (κ1) is 31.1. The number of likely N-dealkylation sites (tertiary alicyclic amines) is 2. The predicted octanol–water partition coefficient (Wildman–Crippen LogP) is 5.71. The molecule has 3 amide bonds. The summed E-state index contributed by atoms with van der Waals surface area (Å²) in [4.78, 5) is 37.1. The quantitative estimate of drug-likeness (QED) is 0.393. The minimum atomic E-state index is -0.271. The number of rotatable bonds is 8. The predicted molar refractivity (Wildman–Crippen MR) is 162 cm³/mol. The van der Waals surface area contributed by atoms with Crippen LogP contribution in [0.4, 0.5) is 22.0 Å². The fraction of sp³-hybridized carbons (Fsp3) is 0.552. The number of carbonyl (C=O) groups is 2. The maximum atomic E-state index is 13.4. The lowest BCUT2D eigenvalue weighted by Gasteiger charge is -2.32. The first-order valence-electron chi connectivity index (χ1n) is 14.1. The second kappa shape index (κ2) is 15.4. The third-order valence-electron chi connectivity index (χ3n) is 8.04. The van der Waals surface area contributed by atoms with Gasteiger partial charge in [-0.1, -0.05) is 31.4 Å². The van der Waals surface area contributed by atoms with Crippen molar-refractivity contribution in [1.82, 2.24) is 20.1 Å². The average Bonchev–Trinajstić information content (AvgIpc) is 3.06. The zero-order valence-corrected chi connectivity index (χ0v) is 24.3. The van der Waals surface area contributed by atoms with Crippen molar-refractivity contribution in [3.63, 3.8) is 0 Å². The molecule has 3 aliphatic rings. The highest BCUT2D eigenvalue weighted by Crippen LogP contribution is 2.36. The second-order valence-electron chi connectivity index (χ2n) is 10.6. The van der Waals surface area contributed by atoms with Crippen molar-refractivity contribution >= 4 is 53.9 Å². The molecule has 2 N–H and O–H groups in total. The van der Waals surface area contributed by atoms with E-state index in [0.29, 0.717) is 29.3 Å². The van der Waals surface area contributed by atoms with Crippen molar-refractivity contribution in [3.8, 4) is 0 Å². The Morgan fingerprint density at radius 2 is 1.67 bits per heavy atom. The van der Waals surface area contributed by atoms with Gasteiger partial charge >= 0.3 is 6.03 Å². The molecular formula is C29H42Cl2N6O2. The van der Waals surface area contributed by atoms with Crippen molar-refractivity contribution in [2.45, 2.75) is 51.4 Å². The van der Waals surface area contributed by atoms with Crippen molar-refractivity contribution in [2.24, 2.45) is 5.92 Å². The highest BCUT2D eigenvalue weighted by Gasteiger charge is 2.30. The van der Waals surface area contributed by atoms with E-state index in [9.17, 15) is 9.59 Å². The van der Waals surface area contributed by atoms with Gasteiger partial charge in [0.15, 0.2) is 5.82 Å². The number of nitrogens with one attached hydrogen (secondary N) is 2. The number of anilines is 3. The van der Waals surface area contributed by atoms with E-state index in [4.69, 9.17) is 0 Å². The van der Waals surface area contributed by atoms with Crippen LogP contribution in [0, 0.1) is 5.92 Å². The number of para-hydroxylation sites is 1. The normalized spacial score (nSPS) is 18.1. The molecule has 3 aliphatic heterocycles. The van der Waals surface area contributed by atoms with Gasteiger partial charge in [0.1, 0.15) is 0 Å². The molecule has 2 fully saturated rings.